The Bertz CT molecular complexity index is 1330. The van der Waals surface area contributed by atoms with Gasteiger partial charge in [-0.05, 0) is 67.4 Å². The number of carbonyl (C=O) groups is 4. The molecule has 3 aromatic carbocycles. The lowest BCUT2D eigenvalue weighted by Crippen LogP contribution is -2.30. The van der Waals surface area contributed by atoms with E-state index in [0.29, 0.717) is 28.1 Å². The number of fused-ring (bicyclic) bond motifs is 1. The molecule has 7 heteroatoms. The highest BCUT2D eigenvalue weighted by Gasteiger charge is 2.38. The summed E-state index contributed by atoms with van der Waals surface area (Å²) < 4.78 is 5.56. The van der Waals surface area contributed by atoms with Gasteiger partial charge in [-0.2, -0.15) is 0 Å². The Hall–Kier alpha value is -4.26. The second-order valence-corrected chi connectivity index (χ2v) is 8.61. The van der Waals surface area contributed by atoms with E-state index in [1.807, 2.05) is 31.2 Å². The van der Waals surface area contributed by atoms with Gasteiger partial charge in [0.05, 0.1) is 22.7 Å². The highest BCUT2D eigenvalue weighted by Crippen LogP contribution is 2.33. The Morgan fingerprint density at radius 1 is 0.882 bits per heavy atom. The number of anilines is 2. The first-order chi connectivity index (χ1) is 16.3. The van der Waals surface area contributed by atoms with Crippen LogP contribution < -0.4 is 14.5 Å². The van der Waals surface area contributed by atoms with Crippen LogP contribution in [0.15, 0.2) is 66.7 Å². The summed E-state index contributed by atoms with van der Waals surface area (Å²) in [5, 5.41) is 0. The summed E-state index contributed by atoms with van der Waals surface area (Å²) in [6, 6.07) is 19.0. The lowest BCUT2D eigenvalue weighted by Gasteiger charge is -2.18. The van der Waals surface area contributed by atoms with Crippen LogP contribution >= 0.6 is 0 Å². The van der Waals surface area contributed by atoms with Crippen LogP contribution in [0, 0.1) is 19.8 Å². The van der Waals surface area contributed by atoms with E-state index in [1.54, 1.807) is 54.3 Å². The maximum absolute atomic E-state index is 12.8. The zero-order valence-corrected chi connectivity index (χ0v) is 18.8. The monoisotopic (exact) mass is 454 g/mol. The average Bonchev–Trinajstić information content (AvgIpc) is 3.32. The Labute approximate surface area is 196 Å². The van der Waals surface area contributed by atoms with Crippen molar-refractivity contribution in [3.8, 4) is 5.75 Å². The lowest BCUT2D eigenvalue weighted by molar-refractivity contribution is -0.139. The molecule has 0 aromatic heterocycles. The van der Waals surface area contributed by atoms with Crippen molar-refractivity contribution >= 4 is 35.1 Å². The molecule has 0 unspecified atom stereocenters. The molecule has 0 N–H and O–H groups in total. The Morgan fingerprint density at radius 2 is 1.59 bits per heavy atom. The molecule has 2 aliphatic heterocycles. The molecule has 1 atom stereocenters. The molecule has 1 fully saturated rings. The highest BCUT2D eigenvalue weighted by atomic mass is 16.5. The minimum absolute atomic E-state index is 0.0822. The predicted molar refractivity (Wildman–Crippen MR) is 126 cm³/mol. The number of imide groups is 1. The summed E-state index contributed by atoms with van der Waals surface area (Å²) in [4.78, 5) is 53.6. The van der Waals surface area contributed by atoms with E-state index in [4.69, 9.17) is 4.74 Å². The zero-order chi connectivity index (χ0) is 24.0. The molecule has 5 rings (SSSR count). The third-order valence-corrected chi connectivity index (χ3v) is 6.19. The molecule has 2 aliphatic rings. The van der Waals surface area contributed by atoms with Crippen LogP contribution in [0.4, 0.5) is 11.4 Å². The zero-order valence-electron chi connectivity index (χ0n) is 18.8. The summed E-state index contributed by atoms with van der Waals surface area (Å²) >= 11 is 0. The van der Waals surface area contributed by atoms with Crippen molar-refractivity contribution in [3.63, 3.8) is 0 Å². The van der Waals surface area contributed by atoms with E-state index in [1.165, 1.54) is 0 Å². The van der Waals surface area contributed by atoms with Crippen molar-refractivity contribution in [1.82, 2.24) is 0 Å². The molecular formula is C27H22N2O5. The molecule has 170 valence electrons. The maximum atomic E-state index is 12.8. The quantitative estimate of drug-likeness (QED) is 0.337. The fraction of sp³-hybridized carbons (Fsp3) is 0.185. The molecular weight excluding hydrogens is 432 g/mol. The van der Waals surface area contributed by atoms with Crippen molar-refractivity contribution in [2.24, 2.45) is 5.92 Å². The fourth-order valence-corrected chi connectivity index (χ4v) is 4.46. The van der Waals surface area contributed by atoms with E-state index in [2.05, 4.69) is 0 Å². The number of ether oxygens (including phenoxy) is 1. The minimum Gasteiger partial charge on any atom is -0.426 e. The molecule has 7 nitrogen and oxygen atoms in total. The number of esters is 1. The fourth-order valence-electron chi connectivity index (χ4n) is 4.46. The first kappa shape index (κ1) is 21.6. The summed E-state index contributed by atoms with van der Waals surface area (Å²) in [5.74, 6) is -1.65. The third kappa shape index (κ3) is 3.65. The van der Waals surface area contributed by atoms with E-state index < -0.39 is 11.9 Å². The van der Waals surface area contributed by atoms with E-state index in [-0.39, 0.29) is 30.7 Å². The van der Waals surface area contributed by atoms with Crippen molar-refractivity contribution < 1.29 is 23.9 Å². The van der Waals surface area contributed by atoms with Crippen LogP contribution in [0.1, 0.15) is 38.3 Å². The van der Waals surface area contributed by atoms with Crippen LogP contribution in [0.5, 0.6) is 5.75 Å². The van der Waals surface area contributed by atoms with E-state index >= 15 is 0 Å². The minimum atomic E-state index is -0.579. The van der Waals surface area contributed by atoms with Gasteiger partial charge in [0, 0.05) is 18.7 Å². The topological polar surface area (TPSA) is 84.0 Å². The Balaban J connectivity index is 1.30. The summed E-state index contributed by atoms with van der Waals surface area (Å²) in [5.41, 5.74) is 3.58. The molecule has 0 spiro atoms. The highest BCUT2D eigenvalue weighted by molar-refractivity contribution is 6.34. The predicted octanol–water partition coefficient (Wildman–Crippen LogP) is 4.06. The third-order valence-electron chi connectivity index (χ3n) is 6.19. The molecule has 0 saturated carbocycles. The molecule has 0 bridgehead atoms. The van der Waals surface area contributed by atoms with Gasteiger partial charge >= 0.3 is 5.97 Å². The van der Waals surface area contributed by atoms with Crippen molar-refractivity contribution in [2.75, 3.05) is 16.3 Å². The number of rotatable bonds is 4. The molecule has 2 heterocycles. The normalized spacial score (nSPS) is 17.4. The van der Waals surface area contributed by atoms with Gasteiger partial charge in [-0.1, -0.05) is 24.3 Å². The SMILES string of the molecule is Cc1cccc(N2C[C@H](C(=O)Oc3ccc(N4C(=O)c5ccccc5C4=O)c(C)c3)CC2=O)c1. The van der Waals surface area contributed by atoms with Crippen molar-refractivity contribution in [1.29, 1.82) is 0 Å². The summed E-state index contributed by atoms with van der Waals surface area (Å²) in [6.07, 6.45) is 0.0822. The molecule has 34 heavy (non-hydrogen) atoms. The number of nitrogens with zero attached hydrogens (tertiary/aromatic N) is 2. The van der Waals surface area contributed by atoms with Gasteiger partial charge in [0.2, 0.25) is 5.91 Å². The number of amides is 3. The lowest BCUT2D eigenvalue weighted by atomic mass is 10.1. The number of carbonyl (C=O) groups excluding carboxylic acids is 4. The maximum Gasteiger partial charge on any atom is 0.316 e. The van der Waals surface area contributed by atoms with Gasteiger partial charge < -0.3 is 9.64 Å². The summed E-state index contributed by atoms with van der Waals surface area (Å²) in [7, 11) is 0. The molecule has 3 aromatic rings. The van der Waals surface area contributed by atoms with Crippen molar-refractivity contribution in [3.05, 3.63) is 89.0 Å². The van der Waals surface area contributed by atoms with Gasteiger partial charge in [-0.25, -0.2) is 4.90 Å². The molecule has 3 amide bonds. The van der Waals surface area contributed by atoms with Crippen LogP contribution in [-0.4, -0.2) is 30.2 Å². The Morgan fingerprint density at radius 3 is 2.24 bits per heavy atom. The largest absolute Gasteiger partial charge is 0.426 e. The number of hydrogen-bond acceptors (Lipinski definition) is 5. The standard InChI is InChI=1S/C27H22N2O5/c1-16-6-5-7-19(12-16)28-15-18(14-24(28)30)27(33)34-20-10-11-23(17(2)13-20)29-25(31)21-8-3-4-9-22(21)26(29)32/h3-13,18H,14-15H2,1-2H3/t18-/m1/s1. The molecule has 0 aliphatic carbocycles. The number of aryl methyl sites for hydroxylation is 2. The Kier molecular flexibility index (Phi) is 5.24. The van der Waals surface area contributed by atoms with E-state index in [0.717, 1.165) is 16.2 Å². The molecule has 1 saturated heterocycles. The summed E-state index contributed by atoms with van der Waals surface area (Å²) in [6.45, 7) is 3.95. The average molecular weight is 454 g/mol. The van der Waals surface area contributed by atoms with Gasteiger partial charge in [-0.3, -0.25) is 19.2 Å². The van der Waals surface area contributed by atoms with Gasteiger partial charge in [0.15, 0.2) is 0 Å². The smallest absolute Gasteiger partial charge is 0.316 e. The first-order valence-corrected chi connectivity index (χ1v) is 11.0. The van der Waals surface area contributed by atoms with Crippen LogP contribution in [0.3, 0.4) is 0 Å². The number of benzene rings is 3. The second kappa shape index (κ2) is 8.26. The van der Waals surface area contributed by atoms with Gasteiger partial charge in [-0.15, -0.1) is 0 Å². The van der Waals surface area contributed by atoms with Crippen LogP contribution in [0.25, 0.3) is 0 Å². The van der Waals surface area contributed by atoms with Gasteiger partial charge in [0.1, 0.15) is 5.75 Å². The van der Waals surface area contributed by atoms with Crippen molar-refractivity contribution in [2.45, 2.75) is 20.3 Å². The second-order valence-electron chi connectivity index (χ2n) is 8.61. The molecule has 0 radical (unpaired) electrons. The van der Waals surface area contributed by atoms with E-state index in [9.17, 15) is 19.2 Å². The van der Waals surface area contributed by atoms with Crippen LogP contribution in [0.2, 0.25) is 0 Å². The first-order valence-electron chi connectivity index (χ1n) is 11.0. The number of hydrogen-bond donors (Lipinski definition) is 0. The van der Waals surface area contributed by atoms with Gasteiger partial charge in [0.25, 0.3) is 11.8 Å². The van der Waals surface area contributed by atoms with Crippen LogP contribution in [-0.2, 0) is 9.59 Å².